The third-order valence-corrected chi connectivity index (χ3v) is 6.05. The van der Waals surface area contributed by atoms with E-state index in [0.29, 0.717) is 17.3 Å². The number of carbonyl (C=O) groups is 1. The van der Waals surface area contributed by atoms with E-state index in [0.717, 1.165) is 17.8 Å². The summed E-state index contributed by atoms with van der Waals surface area (Å²) in [7, 11) is 0. The Kier molecular flexibility index (Phi) is 5.02. The number of nitrogens with zero attached hydrogens (tertiary/aromatic N) is 4. The van der Waals surface area contributed by atoms with E-state index in [1.807, 2.05) is 12.1 Å². The van der Waals surface area contributed by atoms with Crippen LogP contribution in [0.1, 0.15) is 11.5 Å². The molecule has 1 fully saturated rings. The minimum atomic E-state index is -0.604. The molecule has 1 aliphatic carbocycles. The van der Waals surface area contributed by atoms with Crippen LogP contribution in [0.4, 0.5) is 19.4 Å². The van der Waals surface area contributed by atoms with E-state index < -0.39 is 17.7 Å². The van der Waals surface area contributed by atoms with Crippen molar-refractivity contribution in [2.45, 2.75) is 12.0 Å². The second-order valence-corrected chi connectivity index (χ2v) is 8.21. The Hall–Kier alpha value is -4.54. The van der Waals surface area contributed by atoms with Crippen LogP contribution in [0.15, 0.2) is 67.4 Å². The number of halogens is 2. The number of fused-ring (bicyclic) bond motifs is 3. The normalized spacial score (nSPS) is 19.7. The monoisotopic (exact) mass is 476 g/mol. The minimum Gasteiger partial charge on any atom is -0.490 e. The van der Waals surface area contributed by atoms with Crippen LogP contribution < -0.4 is 20.1 Å². The molecule has 2 amide bonds. The molecule has 1 saturated carbocycles. The number of hydrogen-bond donors (Lipinski definition) is 2. The van der Waals surface area contributed by atoms with Crippen LogP contribution in [0.5, 0.6) is 17.2 Å². The molecule has 9 nitrogen and oxygen atoms in total. The van der Waals surface area contributed by atoms with E-state index in [4.69, 9.17) is 9.47 Å². The van der Waals surface area contributed by atoms with Gasteiger partial charge in [0.25, 0.3) is 0 Å². The van der Waals surface area contributed by atoms with Crippen LogP contribution in [0.25, 0.3) is 5.69 Å². The summed E-state index contributed by atoms with van der Waals surface area (Å²) in [6.45, 7) is 0.215. The SMILES string of the molecule is O=C(Nc1ccc(Oc2ccc(-n3cncn3)cc2)cn1)N[C@@H]1[C@H]2COc3c(F)ccc(F)c3[C@@H]21. The van der Waals surface area contributed by atoms with Crippen LogP contribution >= 0.6 is 0 Å². The van der Waals surface area contributed by atoms with Crippen molar-refractivity contribution in [3.05, 3.63) is 84.6 Å². The molecule has 176 valence electrons. The minimum absolute atomic E-state index is 0.0683. The third-order valence-electron chi connectivity index (χ3n) is 6.05. The maximum absolute atomic E-state index is 14.3. The van der Waals surface area contributed by atoms with Gasteiger partial charge in [-0.25, -0.2) is 28.2 Å². The Morgan fingerprint density at radius 2 is 1.86 bits per heavy atom. The summed E-state index contributed by atoms with van der Waals surface area (Å²) in [5.41, 5.74) is 1.03. The van der Waals surface area contributed by atoms with Gasteiger partial charge in [-0.1, -0.05) is 0 Å². The maximum Gasteiger partial charge on any atom is 0.320 e. The van der Waals surface area contributed by atoms with Crippen LogP contribution in [-0.4, -0.2) is 38.4 Å². The summed E-state index contributed by atoms with van der Waals surface area (Å²) >= 11 is 0. The van der Waals surface area contributed by atoms with Crippen LogP contribution in [0.2, 0.25) is 0 Å². The number of hydrogen-bond acceptors (Lipinski definition) is 6. The Morgan fingerprint density at radius 1 is 1.06 bits per heavy atom. The molecular weight excluding hydrogens is 458 g/mol. The first kappa shape index (κ1) is 21.0. The zero-order valence-electron chi connectivity index (χ0n) is 18.1. The lowest BCUT2D eigenvalue weighted by Crippen LogP contribution is -2.32. The van der Waals surface area contributed by atoms with Gasteiger partial charge in [0.15, 0.2) is 11.6 Å². The molecule has 1 aliphatic heterocycles. The third kappa shape index (κ3) is 4.01. The van der Waals surface area contributed by atoms with Gasteiger partial charge in [-0.3, -0.25) is 5.32 Å². The first-order valence-corrected chi connectivity index (χ1v) is 10.8. The highest BCUT2D eigenvalue weighted by molar-refractivity contribution is 5.89. The molecule has 0 spiro atoms. The number of carbonyl (C=O) groups excluding carboxylic acids is 1. The van der Waals surface area contributed by atoms with Gasteiger partial charge in [0, 0.05) is 23.4 Å². The van der Waals surface area contributed by atoms with Gasteiger partial charge >= 0.3 is 6.03 Å². The second-order valence-electron chi connectivity index (χ2n) is 8.21. The van der Waals surface area contributed by atoms with Gasteiger partial charge in [-0.2, -0.15) is 5.10 Å². The van der Waals surface area contributed by atoms with Crippen LogP contribution in [-0.2, 0) is 0 Å². The maximum atomic E-state index is 14.3. The van der Waals surface area contributed by atoms with Gasteiger partial charge in [-0.05, 0) is 48.5 Å². The number of aromatic nitrogens is 4. The largest absolute Gasteiger partial charge is 0.490 e. The molecule has 0 unspecified atom stereocenters. The smallest absolute Gasteiger partial charge is 0.320 e. The van der Waals surface area contributed by atoms with Gasteiger partial charge in [0.2, 0.25) is 0 Å². The fraction of sp³-hybridized carbons (Fsp3) is 0.167. The Balaban J connectivity index is 1.05. The number of amides is 2. The molecule has 2 aromatic carbocycles. The summed E-state index contributed by atoms with van der Waals surface area (Å²) < 4.78 is 41.0. The molecule has 0 bridgehead atoms. The summed E-state index contributed by atoms with van der Waals surface area (Å²) in [6, 6.07) is 11.8. The highest BCUT2D eigenvalue weighted by Gasteiger charge is 2.57. The molecule has 0 radical (unpaired) electrons. The highest BCUT2D eigenvalue weighted by Crippen LogP contribution is 2.55. The van der Waals surface area contributed by atoms with E-state index in [1.165, 1.54) is 12.5 Å². The molecule has 3 heterocycles. The first-order valence-electron chi connectivity index (χ1n) is 10.8. The molecule has 11 heteroatoms. The fourth-order valence-corrected chi connectivity index (χ4v) is 4.32. The van der Waals surface area contributed by atoms with Gasteiger partial charge in [0.05, 0.1) is 18.5 Å². The topological polar surface area (TPSA) is 103 Å². The number of ether oxygens (including phenoxy) is 2. The van der Waals surface area contributed by atoms with Crippen molar-refractivity contribution in [3.63, 3.8) is 0 Å². The fourth-order valence-electron chi connectivity index (χ4n) is 4.32. The highest BCUT2D eigenvalue weighted by atomic mass is 19.1. The van der Waals surface area contributed by atoms with Crippen molar-refractivity contribution in [2.75, 3.05) is 11.9 Å². The number of urea groups is 1. The Morgan fingerprint density at radius 3 is 2.60 bits per heavy atom. The molecular formula is C24H18F2N6O3. The molecule has 3 atom stereocenters. The van der Waals surface area contributed by atoms with Gasteiger partial charge < -0.3 is 14.8 Å². The number of pyridine rings is 1. The molecule has 2 N–H and O–H groups in total. The van der Waals surface area contributed by atoms with E-state index in [9.17, 15) is 13.6 Å². The van der Waals surface area contributed by atoms with E-state index in [1.54, 1.807) is 35.3 Å². The molecule has 2 aliphatic rings. The average molecular weight is 476 g/mol. The standard InChI is InChI=1S/C24H18F2N6O3/c25-17-6-7-18(26)23-21(17)20-16(10-34-23)22(20)31-24(33)30-19-8-5-15(9-28-19)35-14-3-1-13(2-4-14)32-12-27-11-29-32/h1-9,11-12,16,20,22H,10H2,(H2,28,30,31,33)/t16-,20+,22+/m0/s1. The van der Waals surface area contributed by atoms with Crippen molar-refractivity contribution in [1.82, 2.24) is 25.1 Å². The lowest BCUT2D eigenvalue weighted by atomic mass is 10.0. The molecule has 6 rings (SSSR count). The summed E-state index contributed by atoms with van der Waals surface area (Å²) in [5, 5.41) is 9.52. The van der Waals surface area contributed by atoms with E-state index >= 15 is 0 Å². The quantitative estimate of drug-likeness (QED) is 0.451. The molecule has 2 aromatic heterocycles. The Bertz CT molecular complexity index is 1380. The van der Waals surface area contributed by atoms with Crippen molar-refractivity contribution in [2.24, 2.45) is 5.92 Å². The van der Waals surface area contributed by atoms with Gasteiger partial charge in [-0.15, -0.1) is 0 Å². The van der Waals surface area contributed by atoms with E-state index in [-0.39, 0.29) is 35.8 Å². The average Bonchev–Trinajstić information content (AvgIpc) is 3.28. The summed E-state index contributed by atoms with van der Waals surface area (Å²) in [4.78, 5) is 20.6. The van der Waals surface area contributed by atoms with Crippen LogP contribution in [0, 0.1) is 17.6 Å². The number of anilines is 1. The van der Waals surface area contributed by atoms with Crippen molar-refractivity contribution >= 4 is 11.8 Å². The lowest BCUT2D eigenvalue weighted by Gasteiger charge is -2.16. The second kappa shape index (κ2) is 8.35. The summed E-state index contributed by atoms with van der Waals surface area (Å²) in [5.74, 6) is -0.224. The number of benzene rings is 2. The zero-order valence-corrected chi connectivity index (χ0v) is 18.1. The zero-order chi connectivity index (χ0) is 23.9. The molecule has 35 heavy (non-hydrogen) atoms. The predicted molar refractivity (Wildman–Crippen MR) is 120 cm³/mol. The van der Waals surface area contributed by atoms with Crippen molar-refractivity contribution < 1.29 is 23.0 Å². The first-order chi connectivity index (χ1) is 17.1. The van der Waals surface area contributed by atoms with Gasteiger partial charge in [0.1, 0.15) is 35.8 Å². The van der Waals surface area contributed by atoms with Crippen molar-refractivity contribution in [1.29, 1.82) is 0 Å². The van der Waals surface area contributed by atoms with Crippen LogP contribution in [0.3, 0.4) is 0 Å². The van der Waals surface area contributed by atoms with Crippen molar-refractivity contribution in [3.8, 4) is 22.9 Å². The van der Waals surface area contributed by atoms with E-state index in [2.05, 4.69) is 25.7 Å². The number of nitrogens with one attached hydrogen (secondary N) is 2. The predicted octanol–water partition coefficient (Wildman–Crippen LogP) is 4.03. The molecule has 0 saturated heterocycles. The summed E-state index contributed by atoms with van der Waals surface area (Å²) in [6.07, 6.45) is 4.54. The lowest BCUT2D eigenvalue weighted by molar-refractivity contribution is 0.247. The number of rotatable bonds is 5. The Labute approximate surface area is 197 Å². The molecule has 4 aromatic rings.